The molecule has 0 aromatic heterocycles. The number of phenols is 1. The van der Waals surface area contributed by atoms with Gasteiger partial charge in [0.2, 0.25) is 10.0 Å². The van der Waals surface area contributed by atoms with Crippen molar-refractivity contribution in [3.05, 3.63) is 23.8 Å². The van der Waals surface area contributed by atoms with Crippen LogP contribution in [0.1, 0.15) is 10.4 Å². The highest BCUT2D eigenvalue weighted by Crippen LogP contribution is 2.25. The highest BCUT2D eigenvalue weighted by Gasteiger charge is 2.12. The summed E-state index contributed by atoms with van der Waals surface area (Å²) in [7, 11) is -0.284. The van der Waals surface area contributed by atoms with Gasteiger partial charge in [0.1, 0.15) is 5.75 Å². The number of anilines is 1. The highest BCUT2D eigenvalue weighted by atomic mass is 32.2. The molecule has 94 valence electrons. The quantitative estimate of drug-likeness (QED) is 0.771. The van der Waals surface area contributed by atoms with E-state index >= 15 is 0 Å². The minimum Gasteiger partial charge on any atom is -0.506 e. The first-order chi connectivity index (χ1) is 7.70. The molecule has 1 aromatic rings. The number of hydrogen-bond donors (Lipinski definition) is 2. The first-order valence-electron chi connectivity index (χ1n) is 4.73. The van der Waals surface area contributed by atoms with Crippen LogP contribution < -0.4 is 4.72 Å². The molecule has 0 saturated heterocycles. The second-order valence-corrected chi connectivity index (χ2v) is 5.55. The van der Waals surface area contributed by atoms with Crippen LogP contribution in [0.15, 0.2) is 18.2 Å². The van der Waals surface area contributed by atoms with Crippen LogP contribution in [0, 0.1) is 0 Å². The zero-order valence-electron chi connectivity index (χ0n) is 9.76. The van der Waals surface area contributed by atoms with E-state index in [0.29, 0.717) is 0 Å². The third-order valence-electron chi connectivity index (χ3n) is 1.95. The van der Waals surface area contributed by atoms with Crippen LogP contribution >= 0.6 is 0 Å². The molecule has 0 fully saturated rings. The van der Waals surface area contributed by atoms with Gasteiger partial charge in [-0.15, -0.1) is 0 Å². The molecule has 0 aliphatic rings. The third kappa shape index (κ3) is 3.63. The second-order valence-electron chi connectivity index (χ2n) is 3.81. The lowest BCUT2D eigenvalue weighted by Crippen LogP contribution is -2.21. The Bertz CT molecular complexity index is 537. The van der Waals surface area contributed by atoms with E-state index in [-0.39, 0.29) is 22.9 Å². The van der Waals surface area contributed by atoms with E-state index in [1.165, 1.54) is 23.1 Å². The summed E-state index contributed by atoms with van der Waals surface area (Å²) in [4.78, 5) is 12.9. The van der Waals surface area contributed by atoms with Crippen LogP contribution in [0.3, 0.4) is 0 Å². The van der Waals surface area contributed by atoms with Crippen molar-refractivity contribution in [2.75, 3.05) is 25.1 Å². The van der Waals surface area contributed by atoms with Crippen molar-refractivity contribution < 1.29 is 18.3 Å². The summed E-state index contributed by atoms with van der Waals surface area (Å²) < 4.78 is 24.1. The molecule has 0 saturated carbocycles. The van der Waals surface area contributed by atoms with Gasteiger partial charge in [-0.05, 0) is 18.2 Å². The smallest absolute Gasteiger partial charge is 0.253 e. The molecule has 6 nitrogen and oxygen atoms in total. The molecule has 0 unspecified atom stereocenters. The Balaban J connectivity index is 3.06. The monoisotopic (exact) mass is 258 g/mol. The molecule has 0 spiro atoms. The van der Waals surface area contributed by atoms with Gasteiger partial charge >= 0.3 is 0 Å². The Morgan fingerprint density at radius 1 is 1.35 bits per heavy atom. The van der Waals surface area contributed by atoms with Crippen LogP contribution in [0.5, 0.6) is 5.75 Å². The maximum absolute atomic E-state index is 11.6. The predicted octanol–water partition coefficient (Wildman–Crippen LogP) is 0.466. The number of phenolic OH excluding ortho intramolecular Hbond substituents is 1. The second kappa shape index (κ2) is 4.62. The number of sulfonamides is 1. The molecular formula is C10H14N2O4S. The zero-order valence-corrected chi connectivity index (χ0v) is 10.6. The first kappa shape index (κ1) is 13.3. The van der Waals surface area contributed by atoms with Crippen LogP contribution in [-0.4, -0.2) is 44.7 Å². The van der Waals surface area contributed by atoms with Crippen LogP contribution in [0.2, 0.25) is 0 Å². The first-order valence-corrected chi connectivity index (χ1v) is 6.62. The maximum Gasteiger partial charge on any atom is 0.253 e. The molecule has 0 aliphatic heterocycles. The van der Waals surface area contributed by atoms with Gasteiger partial charge in [0.05, 0.1) is 11.9 Å². The van der Waals surface area contributed by atoms with E-state index < -0.39 is 10.0 Å². The number of benzene rings is 1. The van der Waals surface area contributed by atoms with E-state index in [2.05, 4.69) is 4.72 Å². The van der Waals surface area contributed by atoms with Crippen molar-refractivity contribution in [1.29, 1.82) is 0 Å². The van der Waals surface area contributed by atoms with Crippen molar-refractivity contribution in [1.82, 2.24) is 4.90 Å². The average molecular weight is 258 g/mol. The van der Waals surface area contributed by atoms with E-state index in [1.807, 2.05) is 0 Å². The van der Waals surface area contributed by atoms with Gasteiger partial charge in [-0.25, -0.2) is 8.42 Å². The van der Waals surface area contributed by atoms with Gasteiger partial charge in [0.15, 0.2) is 0 Å². The Labute approximate surface area is 99.9 Å². The lowest BCUT2D eigenvalue weighted by atomic mass is 10.1. The molecule has 2 N–H and O–H groups in total. The van der Waals surface area contributed by atoms with Gasteiger partial charge in [-0.2, -0.15) is 0 Å². The van der Waals surface area contributed by atoms with Crippen LogP contribution in [0.4, 0.5) is 5.69 Å². The largest absolute Gasteiger partial charge is 0.506 e. The fraction of sp³-hybridized carbons (Fsp3) is 0.300. The average Bonchev–Trinajstić information content (AvgIpc) is 2.18. The lowest BCUT2D eigenvalue weighted by Gasteiger charge is -2.12. The summed E-state index contributed by atoms with van der Waals surface area (Å²) in [6.45, 7) is 0. The predicted molar refractivity (Wildman–Crippen MR) is 64.6 cm³/mol. The van der Waals surface area contributed by atoms with E-state index in [9.17, 15) is 18.3 Å². The molecule has 1 amide bonds. The summed E-state index contributed by atoms with van der Waals surface area (Å²) in [6.07, 6.45) is 0.978. The van der Waals surface area contributed by atoms with Crippen LogP contribution in [0.25, 0.3) is 0 Å². The standard InChI is InChI=1S/C10H14N2O4S/c1-12(2)10(14)7-4-5-8(9(13)6-7)11-17(3,15)16/h4-6,11,13H,1-3H3. The van der Waals surface area contributed by atoms with Crippen LogP contribution in [-0.2, 0) is 10.0 Å². The number of nitrogens with zero attached hydrogens (tertiary/aromatic N) is 1. The maximum atomic E-state index is 11.6. The Kier molecular flexibility index (Phi) is 3.62. The topological polar surface area (TPSA) is 86.7 Å². The van der Waals surface area contributed by atoms with Crippen molar-refractivity contribution in [2.24, 2.45) is 0 Å². The van der Waals surface area contributed by atoms with E-state index in [4.69, 9.17) is 0 Å². The fourth-order valence-electron chi connectivity index (χ4n) is 1.21. The molecule has 1 rings (SSSR count). The summed E-state index contributed by atoms with van der Waals surface area (Å²) in [5, 5.41) is 9.59. The normalized spacial score (nSPS) is 11.0. The Hall–Kier alpha value is -1.76. The van der Waals surface area contributed by atoms with Crippen molar-refractivity contribution in [2.45, 2.75) is 0 Å². The number of aromatic hydroxyl groups is 1. The number of carbonyl (C=O) groups is 1. The minimum absolute atomic E-state index is 0.0443. The fourth-order valence-corrected chi connectivity index (χ4v) is 1.78. The van der Waals surface area contributed by atoms with E-state index in [0.717, 1.165) is 6.26 Å². The highest BCUT2D eigenvalue weighted by molar-refractivity contribution is 7.92. The van der Waals surface area contributed by atoms with Crippen molar-refractivity contribution in [3.63, 3.8) is 0 Å². The summed E-state index contributed by atoms with van der Waals surface area (Å²) in [5.41, 5.74) is 0.328. The summed E-state index contributed by atoms with van der Waals surface area (Å²) in [5.74, 6) is -0.561. The van der Waals surface area contributed by atoms with Crippen molar-refractivity contribution in [3.8, 4) is 5.75 Å². The molecule has 0 radical (unpaired) electrons. The molecule has 0 bridgehead atoms. The van der Waals surface area contributed by atoms with Gasteiger partial charge in [0.25, 0.3) is 5.91 Å². The van der Waals surface area contributed by atoms with Gasteiger partial charge < -0.3 is 10.0 Å². The van der Waals surface area contributed by atoms with Gasteiger partial charge in [0, 0.05) is 19.7 Å². The molecule has 1 aromatic carbocycles. The lowest BCUT2D eigenvalue weighted by molar-refractivity contribution is 0.0827. The third-order valence-corrected chi connectivity index (χ3v) is 2.54. The number of amides is 1. The summed E-state index contributed by atoms with van der Waals surface area (Å²) in [6, 6.07) is 4.00. The molecule has 7 heteroatoms. The molecule has 17 heavy (non-hydrogen) atoms. The van der Waals surface area contributed by atoms with Gasteiger partial charge in [-0.3, -0.25) is 9.52 Å². The number of hydrogen-bond acceptors (Lipinski definition) is 4. The number of rotatable bonds is 3. The molecule has 0 heterocycles. The minimum atomic E-state index is -3.45. The Morgan fingerprint density at radius 2 is 1.94 bits per heavy atom. The van der Waals surface area contributed by atoms with Crippen molar-refractivity contribution >= 4 is 21.6 Å². The van der Waals surface area contributed by atoms with Gasteiger partial charge in [-0.1, -0.05) is 0 Å². The van der Waals surface area contributed by atoms with E-state index in [1.54, 1.807) is 14.1 Å². The zero-order chi connectivity index (χ0) is 13.2. The number of nitrogens with one attached hydrogen (secondary N) is 1. The summed E-state index contributed by atoms with van der Waals surface area (Å²) >= 11 is 0. The SMILES string of the molecule is CN(C)C(=O)c1ccc(NS(C)(=O)=O)c(O)c1. The Morgan fingerprint density at radius 3 is 2.35 bits per heavy atom. The molecule has 0 atom stereocenters. The number of carbonyl (C=O) groups excluding carboxylic acids is 1. The molecular weight excluding hydrogens is 244 g/mol. The molecule has 0 aliphatic carbocycles.